The number of ether oxygens (including phenoxy) is 1. The average Bonchev–Trinajstić information content (AvgIpc) is 3.40. The van der Waals surface area contributed by atoms with Gasteiger partial charge in [-0.2, -0.15) is 10.2 Å². The number of hydrogen-bond donors (Lipinski definition) is 2. The van der Waals surface area contributed by atoms with Crippen molar-refractivity contribution in [2.75, 3.05) is 12.4 Å². The molecular weight excluding hydrogens is 390 g/mol. The molecular formula is C21H18ClN5O2. The van der Waals surface area contributed by atoms with E-state index in [0.717, 1.165) is 16.9 Å². The van der Waals surface area contributed by atoms with Crippen molar-refractivity contribution in [3.63, 3.8) is 0 Å². The maximum absolute atomic E-state index is 12.5. The first kappa shape index (κ1) is 18.8. The summed E-state index contributed by atoms with van der Waals surface area (Å²) < 4.78 is 6.94. The molecule has 0 saturated carbocycles. The van der Waals surface area contributed by atoms with Crippen LogP contribution in [0.25, 0.3) is 11.3 Å². The van der Waals surface area contributed by atoms with Gasteiger partial charge in [-0.25, -0.2) is 0 Å². The van der Waals surface area contributed by atoms with E-state index in [0.29, 0.717) is 28.8 Å². The fourth-order valence-electron chi connectivity index (χ4n) is 2.87. The van der Waals surface area contributed by atoms with Gasteiger partial charge in [-0.1, -0.05) is 41.9 Å². The molecule has 2 N–H and O–H groups in total. The fraction of sp³-hybridized carbons (Fsp3) is 0.0952. The maximum atomic E-state index is 12.5. The zero-order valence-corrected chi connectivity index (χ0v) is 16.3. The summed E-state index contributed by atoms with van der Waals surface area (Å²) >= 11 is 6.19. The van der Waals surface area contributed by atoms with Crippen LogP contribution in [-0.4, -0.2) is 33.0 Å². The summed E-state index contributed by atoms with van der Waals surface area (Å²) in [7, 11) is 1.60. The minimum absolute atomic E-state index is 0.324. The highest BCUT2D eigenvalue weighted by Gasteiger charge is 2.13. The van der Waals surface area contributed by atoms with Crippen molar-refractivity contribution in [2.24, 2.45) is 0 Å². The number of aromatic amines is 1. The van der Waals surface area contributed by atoms with E-state index in [1.807, 2.05) is 48.5 Å². The van der Waals surface area contributed by atoms with Gasteiger partial charge in [0.15, 0.2) is 5.82 Å². The molecule has 0 bridgehead atoms. The minimum atomic E-state index is -0.324. The first-order chi connectivity index (χ1) is 14.1. The number of nitrogens with zero attached hydrogens (tertiary/aromatic N) is 3. The molecule has 0 spiro atoms. The molecule has 0 saturated heterocycles. The Morgan fingerprint density at radius 1 is 1.17 bits per heavy atom. The second-order valence-corrected chi connectivity index (χ2v) is 6.75. The third kappa shape index (κ3) is 4.30. The predicted molar refractivity (Wildman–Crippen MR) is 111 cm³/mol. The fourth-order valence-corrected chi connectivity index (χ4v) is 3.07. The Balaban J connectivity index is 1.44. The van der Waals surface area contributed by atoms with E-state index < -0.39 is 0 Å². The van der Waals surface area contributed by atoms with Crippen molar-refractivity contribution in [1.29, 1.82) is 0 Å². The van der Waals surface area contributed by atoms with Gasteiger partial charge < -0.3 is 10.1 Å². The zero-order valence-electron chi connectivity index (χ0n) is 15.6. The maximum Gasteiger partial charge on any atom is 0.274 e. The molecule has 29 heavy (non-hydrogen) atoms. The smallest absolute Gasteiger partial charge is 0.274 e. The molecule has 0 unspecified atom stereocenters. The van der Waals surface area contributed by atoms with Crippen LogP contribution in [-0.2, 0) is 6.54 Å². The number of halogens is 1. The summed E-state index contributed by atoms with van der Waals surface area (Å²) in [5.74, 6) is 0.842. The average molecular weight is 408 g/mol. The van der Waals surface area contributed by atoms with Gasteiger partial charge in [0.1, 0.15) is 11.4 Å². The number of H-pyrrole nitrogens is 1. The number of nitrogens with one attached hydrogen (secondary N) is 2. The van der Waals surface area contributed by atoms with Crippen LogP contribution >= 0.6 is 11.6 Å². The first-order valence-electron chi connectivity index (χ1n) is 8.90. The molecule has 4 aromatic rings. The minimum Gasteiger partial charge on any atom is -0.497 e. The molecule has 0 atom stereocenters. The number of carbonyl (C=O) groups excluding carboxylic acids is 1. The Labute approximate surface area is 172 Å². The Bertz CT molecular complexity index is 1150. The Kier molecular flexibility index (Phi) is 5.31. The highest BCUT2D eigenvalue weighted by atomic mass is 35.5. The van der Waals surface area contributed by atoms with Crippen LogP contribution in [0.4, 0.5) is 5.82 Å². The van der Waals surface area contributed by atoms with Gasteiger partial charge in [-0.15, -0.1) is 0 Å². The molecule has 0 aliphatic rings. The summed E-state index contributed by atoms with van der Waals surface area (Å²) in [4.78, 5) is 12.5. The van der Waals surface area contributed by atoms with Crippen molar-refractivity contribution < 1.29 is 9.53 Å². The van der Waals surface area contributed by atoms with Crippen LogP contribution in [0, 0.1) is 0 Å². The topological polar surface area (TPSA) is 84.8 Å². The Morgan fingerprint density at radius 2 is 2.03 bits per heavy atom. The van der Waals surface area contributed by atoms with E-state index in [1.165, 1.54) is 0 Å². The van der Waals surface area contributed by atoms with Gasteiger partial charge in [0.25, 0.3) is 5.91 Å². The van der Waals surface area contributed by atoms with Crippen LogP contribution in [0.3, 0.4) is 0 Å². The normalized spacial score (nSPS) is 10.7. The van der Waals surface area contributed by atoms with Gasteiger partial charge in [-0.05, 0) is 29.8 Å². The van der Waals surface area contributed by atoms with Crippen LogP contribution in [0.15, 0.2) is 66.9 Å². The van der Waals surface area contributed by atoms with Crippen molar-refractivity contribution in [3.05, 3.63) is 83.1 Å². The number of hydrogen-bond acceptors (Lipinski definition) is 4. The second kappa shape index (κ2) is 8.20. The summed E-state index contributed by atoms with van der Waals surface area (Å²) in [6.45, 7) is 0.513. The highest BCUT2D eigenvalue weighted by Crippen LogP contribution is 2.23. The highest BCUT2D eigenvalue weighted by molar-refractivity contribution is 6.31. The van der Waals surface area contributed by atoms with Crippen molar-refractivity contribution >= 4 is 23.3 Å². The van der Waals surface area contributed by atoms with E-state index in [2.05, 4.69) is 20.6 Å². The first-order valence-corrected chi connectivity index (χ1v) is 9.28. The number of benzene rings is 2. The molecule has 7 nitrogen and oxygen atoms in total. The molecule has 8 heteroatoms. The second-order valence-electron chi connectivity index (χ2n) is 6.34. The summed E-state index contributed by atoms with van der Waals surface area (Å²) in [6.07, 6.45) is 1.79. The van der Waals surface area contributed by atoms with Crippen LogP contribution in [0.1, 0.15) is 16.1 Å². The molecule has 2 aromatic heterocycles. The zero-order chi connectivity index (χ0) is 20.2. The van der Waals surface area contributed by atoms with Crippen molar-refractivity contribution in [2.45, 2.75) is 6.54 Å². The lowest BCUT2D eigenvalue weighted by Gasteiger charge is -2.04. The molecule has 0 radical (unpaired) electrons. The summed E-state index contributed by atoms with van der Waals surface area (Å²) in [5, 5.41) is 14.8. The monoisotopic (exact) mass is 407 g/mol. The number of methoxy groups -OCH3 is 1. The molecule has 4 rings (SSSR count). The van der Waals surface area contributed by atoms with Gasteiger partial charge in [-0.3, -0.25) is 14.6 Å². The molecule has 1 amide bonds. The van der Waals surface area contributed by atoms with Crippen molar-refractivity contribution in [3.8, 4) is 17.0 Å². The molecule has 0 aliphatic heterocycles. The Morgan fingerprint density at radius 3 is 2.86 bits per heavy atom. The molecule has 2 aromatic carbocycles. The number of amides is 1. The van der Waals surface area contributed by atoms with E-state index in [9.17, 15) is 4.79 Å². The number of aromatic nitrogens is 4. The lowest BCUT2D eigenvalue weighted by Crippen LogP contribution is -2.13. The van der Waals surface area contributed by atoms with Crippen LogP contribution < -0.4 is 10.1 Å². The molecule has 0 aliphatic carbocycles. The van der Waals surface area contributed by atoms with Crippen molar-refractivity contribution in [1.82, 2.24) is 20.0 Å². The number of anilines is 1. The predicted octanol–water partition coefficient (Wildman–Crippen LogP) is 4.24. The quantitative estimate of drug-likeness (QED) is 0.500. The lowest BCUT2D eigenvalue weighted by molar-refractivity contribution is 0.102. The molecule has 146 valence electrons. The molecule has 0 fully saturated rings. The summed E-state index contributed by atoms with van der Waals surface area (Å²) in [5.41, 5.74) is 2.79. The van der Waals surface area contributed by atoms with E-state index >= 15 is 0 Å². The van der Waals surface area contributed by atoms with Gasteiger partial charge in [0, 0.05) is 22.8 Å². The van der Waals surface area contributed by atoms with Gasteiger partial charge >= 0.3 is 0 Å². The largest absolute Gasteiger partial charge is 0.497 e. The van der Waals surface area contributed by atoms with Crippen LogP contribution in [0.5, 0.6) is 5.75 Å². The molecule has 2 heterocycles. The van der Waals surface area contributed by atoms with E-state index in [-0.39, 0.29) is 5.91 Å². The standard InChI is InChI=1S/C21H18ClN5O2/c1-29-16-7-4-6-14(11-16)18-12-19(25-24-18)21(28)23-20-9-10-27(26-20)13-15-5-2-3-8-17(15)22/h2-12H,13H2,1H3,(H,24,25)(H,23,26,28). The lowest BCUT2D eigenvalue weighted by atomic mass is 10.1. The Hall–Kier alpha value is -3.58. The third-order valence-corrected chi connectivity index (χ3v) is 4.73. The van der Waals surface area contributed by atoms with Gasteiger partial charge in [0.2, 0.25) is 0 Å². The summed E-state index contributed by atoms with van der Waals surface area (Å²) in [6, 6.07) is 18.5. The SMILES string of the molecule is COc1cccc(-c2cc(C(=O)Nc3ccn(Cc4ccccc4Cl)n3)[nH]n2)c1. The third-order valence-electron chi connectivity index (χ3n) is 4.36. The van der Waals surface area contributed by atoms with E-state index in [1.54, 1.807) is 30.1 Å². The number of rotatable bonds is 6. The van der Waals surface area contributed by atoms with E-state index in [4.69, 9.17) is 16.3 Å². The van der Waals surface area contributed by atoms with Crippen LogP contribution in [0.2, 0.25) is 5.02 Å². The van der Waals surface area contributed by atoms with Gasteiger partial charge in [0.05, 0.1) is 19.3 Å². The number of carbonyl (C=O) groups is 1.